The van der Waals surface area contributed by atoms with Gasteiger partial charge in [-0.1, -0.05) is 0 Å². The summed E-state index contributed by atoms with van der Waals surface area (Å²) in [6, 6.07) is 5.80. The van der Waals surface area contributed by atoms with Gasteiger partial charge in [0.1, 0.15) is 17.1 Å². The van der Waals surface area contributed by atoms with Crippen LogP contribution in [0.5, 0.6) is 0 Å². The minimum atomic E-state index is -0.110. The first kappa shape index (κ1) is 13.9. The molecule has 0 spiro atoms. The number of furan rings is 1. The Balaban J connectivity index is 1.62. The van der Waals surface area contributed by atoms with E-state index >= 15 is 0 Å². The highest BCUT2D eigenvalue weighted by Crippen LogP contribution is 2.30. The monoisotopic (exact) mass is 310 g/mol. The van der Waals surface area contributed by atoms with Gasteiger partial charge in [0.15, 0.2) is 0 Å². The largest absolute Gasteiger partial charge is 0.469 e. The molecule has 3 aromatic rings. The first-order valence-corrected chi connectivity index (χ1v) is 7.76. The summed E-state index contributed by atoms with van der Waals surface area (Å²) in [5.74, 6) is 1.63. The van der Waals surface area contributed by atoms with Crippen LogP contribution < -0.4 is 5.32 Å². The molecule has 118 valence electrons. The first-order valence-electron chi connectivity index (χ1n) is 7.76. The summed E-state index contributed by atoms with van der Waals surface area (Å²) in [6.07, 6.45) is 10.0. The summed E-state index contributed by atoms with van der Waals surface area (Å²) in [4.78, 5) is 12.8. The molecule has 1 aliphatic rings. The Bertz CT molecular complexity index is 829. The quantitative estimate of drug-likeness (QED) is 0.808. The first-order chi connectivity index (χ1) is 11.2. The maximum atomic E-state index is 12.8. The lowest BCUT2D eigenvalue weighted by atomic mass is 9.93. The molecule has 0 radical (unpaired) electrons. The number of aryl methyl sites for hydroxylation is 2. The lowest BCUT2D eigenvalue weighted by Gasteiger charge is -2.22. The molecular formula is C17H18N4O2. The van der Waals surface area contributed by atoms with Crippen LogP contribution in [0.1, 0.15) is 40.6 Å². The molecule has 0 saturated heterocycles. The summed E-state index contributed by atoms with van der Waals surface area (Å²) in [5, 5.41) is 7.37. The molecule has 3 heterocycles. The molecule has 0 saturated carbocycles. The maximum absolute atomic E-state index is 12.8. The van der Waals surface area contributed by atoms with Crippen LogP contribution in [0.2, 0.25) is 0 Å². The Morgan fingerprint density at radius 2 is 2.22 bits per heavy atom. The molecule has 0 bridgehead atoms. The summed E-state index contributed by atoms with van der Waals surface area (Å²) >= 11 is 0. The summed E-state index contributed by atoms with van der Waals surface area (Å²) in [7, 11) is 1.83. The molecule has 0 fully saturated rings. The lowest BCUT2D eigenvalue weighted by molar-refractivity contribution is 0.0932. The van der Waals surface area contributed by atoms with Crippen molar-refractivity contribution in [3.63, 3.8) is 0 Å². The van der Waals surface area contributed by atoms with E-state index in [1.54, 1.807) is 17.1 Å². The van der Waals surface area contributed by atoms with Crippen molar-refractivity contribution in [1.29, 1.82) is 0 Å². The van der Waals surface area contributed by atoms with Crippen LogP contribution in [0, 0.1) is 0 Å². The third-order valence-electron chi connectivity index (χ3n) is 4.36. The van der Waals surface area contributed by atoms with E-state index in [4.69, 9.17) is 4.42 Å². The number of hydrogen-bond donors (Lipinski definition) is 1. The smallest absolute Gasteiger partial charge is 0.257 e. The Labute approximate surface area is 133 Å². The van der Waals surface area contributed by atoms with Crippen LogP contribution >= 0.6 is 0 Å². The highest BCUT2D eigenvalue weighted by Gasteiger charge is 2.26. The highest BCUT2D eigenvalue weighted by atomic mass is 16.3. The Morgan fingerprint density at radius 3 is 3.04 bits per heavy atom. The maximum Gasteiger partial charge on any atom is 0.257 e. The van der Waals surface area contributed by atoms with E-state index in [-0.39, 0.29) is 11.9 Å². The van der Waals surface area contributed by atoms with Crippen molar-refractivity contribution in [2.45, 2.75) is 25.3 Å². The summed E-state index contributed by atoms with van der Waals surface area (Å²) in [6.45, 7) is 0. The van der Waals surface area contributed by atoms with E-state index in [9.17, 15) is 4.79 Å². The second-order valence-electron chi connectivity index (χ2n) is 5.81. The lowest BCUT2D eigenvalue weighted by Crippen LogP contribution is -2.31. The van der Waals surface area contributed by atoms with E-state index in [1.165, 1.54) is 0 Å². The topological polar surface area (TPSA) is 65.0 Å². The van der Waals surface area contributed by atoms with E-state index in [0.717, 1.165) is 36.4 Å². The number of nitrogens with one attached hydrogen (secondary N) is 1. The number of fused-ring (bicyclic) bond motifs is 1. The molecule has 23 heavy (non-hydrogen) atoms. The number of aromatic nitrogens is 3. The molecular weight excluding hydrogens is 292 g/mol. The second kappa shape index (κ2) is 5.46. The van der Waals surface area contributed by atoms with Crippen LogP contribution in [0.25, 0.3) is 5.82 Å². The van der Waals surface area contributed by atoms with Crippen LogP contribution in [0.3, 0.4) is 0 Å². The van der Waals surface area contributed by atoms with E-state index in [0.29, 0.717) is 5.56 Å². The molecule has 0 aliphatic heterocycles. The van der Waals surface area contributed by atoms with Crippen molar-refractivity contribution in [3.8, 4) is 5.82 Å². The van der Waals surface area contributed by atoms with Crippen molar-refractivity contribution in [2.24, 2.45) is 7.05 Å². The van der Waals surface area contributed by atoms with Gasteiger partial charge in [0.25, 0.3) is 5.91 Å². The molecule has 1 aliphatic carbocycles. The molecule has 1 unspecified atom stereocenters. The van der Waals surface area contributed by atoms with Gasteiger partial charge >= 0.3 is 0 Å². The third kappa shape index (κ3) is 2.36. The van der Waals surface area contributed by atoms with Gasteiger partial charge in [-0.15, -0.1) is 0 Å². The molecule has 4 rings (SSSR count). The van der Waals surface area contributed by atoms with Crippen molar-refractivity contribution in [1.82, 2.24) is 19.7 Å². The molecule has 6 heteroatoms. The Kier molecular flexibility index (Phi) is 3.29. The number of hydrogen-bond acceptors (Lipinski definition) is 3. The zero-order valence-corrected chi connectivity index (χ0v) is 12.9. The van der Waals surface area contributed by atoms with E-state index in [2.05, 4.69) is 10.4 Å². The Hall–Kier alpha value is -2.76. The standard InChI is InChI=1S/C17H18N4O2/c1-20-17(21-8-2-3-9-21)13(11-18-20)16(22)19-14-5-4-6-15-12(14)7-10-23-15/h2-3,7-11,14H,4-6H2,1H3,(H,19,22). The zero-order valence-electron chi connectivity index (χ0n) is 12.9. The predicted molar refractivity (Wildman–Crippen MR) is 84.4 cm³/mol. The van der Waals surface area contributed by atoms with Gasteiger partial charge in [-0.05, 0) is 31.0 Å². The van der Waals surface area contributed by atoms with E-state index in [1.807, 2.05) is 42.2 Å². The fraction of sp³-hybridized carbons (Fsp3) is 0.294. The van der Waals surface area contributed by atoms with Crippen LogP contribution in [-0.4, -0.2) is 20.3 Å². The second-order valence-corrected chi connectivity index (χ2v) is 5.81. The van der Waals surface area contributed by atoms with Gasteiger partial charge in [-0.3, -0.25) is 9.48 Å². The minimum absolute atomic E-state index is 0.00252. The third-order valence-corrected chi connectivity index (χ3v) is 4.36. The summed E-state index contributed by atoms with van der Waals surface area (Å²) in [5.41, 5.74) is 1.66. The predicted octanol–water partition coefficient (Wildman–Crippen LogP) is 2.61. The minimum Gasteiger partial charge on any atom is -0.469 e. The fourth-order valence-corrected chi connectivity index (χ4v) is 3.25. The SMILES string of the molecule is Cn1ncc(C(=O)NC2CCCc3occc32)c1-n1cccc1. The van der Waals surface area contributed by atoms with Crippen LogP contribution in [0.15, 0.2) is 47.5 Å². The van der Waals surface area contributed by atoms with Crippen molar-refractivity contribution in [2.75, 3.05) is 0 Å². The Morgan fingerprint density at radius 1 is 1.39 bits per heavy atom. The van der Waals surface area contributed by atoms with E-state index < -0.39 is 0 Å². The van der Waals surface area contributed by atoms with Crippen LogP contribution in [-0.2, 0) is 13.5 Å². The number of nitrogens with zero attached hydrogens (tertiary/aromatic N) is 3. The van der Waals surface area contributed by atoms with Gasteiger partial charge in [0.05, 0.1) is 18.5 Å². The average molecular weight is 310 g/mol. The van der Waals surface area contributed by atoms with Crippen LogP contribution in [0.4, 0.5) is 0 Å². The molecule has 1 N–H and O–H groups in total. The van der Waals surface area contributed by atoms with Gasteiger partial charge in [-0.2, -0.15) is 5.10 Å². The number of carbonyl (C=O) groups excluding carboxylic acids is 1. The molecule has 6 nitrogen and oxygen atoms in total. The van der Waals surface area contributed by atoms with Gasteiger partial charge < -0.3 is 14.3 Å². The number of carbonyl (C=O) groups is 1. The zero-order chi connectivity index (χ0) is 15.8. The summed E-state index contributed by atoms with van der Waals surface area (Å²) < 4.78 is 9.09. The van der Waals surface area contributed by atoms with Crippen molar-refractivity contribution >= 4 is 5.91 Å². The molecule has 1 atom stereocenters. The number of rotatable bonds is 3. The van der Waals surface area contributed by atoms with Gasteiger partial charge in [0, 0.05) is 31.4 Å². The molecule has 1 amide bonds. The molecule has 0 aromatic carbocycles. The van der Waals surface area contributed by atoms with Crippen molar-refractivity contribution in [3.05, 3.63) is 59.9 Å². The van der Waals surface area contributed by atoms with Gasteiger partial charge in [-0.25, -0.2) is 0 Å². The molecule has 3 aromatic heterocycles. The van der Waals surface area contributed by atoms with Crippen molar-refractivity contribution < 1.29 is 9.21 Å². The number of amides is 1. The van der Waals surface area contributed by atoms with Gasteiger partial charge in [0.2, 0.25) is 0 Å². The highest BCUT2D eigenvalue weighted by molar-refractivity contribution is 5.97. The fourth-order valence-electron chi connectivity index (χ4n) is 3.25. The normalized spacial score (nSPS) is 17.0. The average Bonchev–Trinajstić information content (AvgIpc) is 3.27.